The van der Waals surface area contributed by atoms with Gasteiger partial charge in [-0.25, -0.2) is 4.98 Å². The van der Waals surface area contributed by atoms with E-state index in [2.05, 4.69) is 33.4 Å². The van der Waals surface area contributed by atoms with Crippen LogP contribution in [0.3, 0.4) is 0 Å². The van der Waals surface area contributed by atoms with E-state index < -0.39 is 0 Å². The molecule has 0 N–H and O–H groups in total. The van der Waals surface area contributed by atoms with E-state index in [-0.39, 0.29) is 0 Å². The van der Waals surface area contributed by atoms with Crippen molar-refractivity contribution in [1.82, 2.24) is 19.4 Å². The summed E-state index contributed by atoms with van der Waals surface area (Å²) in [5.41, 5.74) is 1.37. The van der Waals surface area contributed by atoms with Crippen LogP contribution < -0.4 is 0 Å². The summed E-state index contributed by atoms with van der Waals surface area (Å²) < 4.78 is 7.87. The number of hydrogen-bond donors (Lipinski definition) is 0. The summed E-state index contributed by atoms with van der Waals surface area (Å²) in [5.74, 6) is 0.808. The van der Waals surface area contributed by atoms with Gasteiger partial charge in [0.1, 0.15) is 0 Å². The maximum absolute atomic E-state index is 5.48. The molecule has 1 aromatic rings. The summed E-state index contributed by atoms with van der Waals surface area (Å²) in [6, 6.07) is 0.568. The minimum Gasteiger partial charge on any atom is -0.381 e. The number of rotatable bonds is 5. The van der Waals surface area contributed by atoms with Gasteiger partial charge >= 0.3 is 0 Å². The Kier molecular flexibility index (Phi) is 4.93. The summed E-state index contributed by atoms with van der Waals surface area (Å²) in [7, 11) is 4.30. The second kappa shape index (κ2) is 6.90. The van der Waals surface area contributed by atoms with Crippen LogP contribution in [-0.2, 0) is 11.3 Å². The molecule has 2 aliphatic heterocycles. The highest BCUT2D eigenvalue weighted by Crippen LogP contribution is 2.26. The van der Waals surface area contributed by atoms with Crippen LogP contribution in [0.25, 0.3) is 0 Å². The van der Waals surface area contributed by atoms with E-state index in [0.29, 0.717) is 6.04 Å². The normalized spacial score (nSPS) is 24.4. The molecule has 5 heteroatoms. The average molecular weight is 292 g/mol. The van der Waals surface area contributed by atoms with Crippen molar-refractivity contribution in [3.05, 3.63) is 18.2 Å². The van der Waals surface area contributed by atoms with E-state index in [4.69, 9.17) is 4.74 Å². The lowest BCUT2D eigenvalue weighted by Gasteiger charge is -2.37. The summed E-state index contributed by atoms with van der Waals surface area (Å²) in [6.45, 7) is 6.45. The quantitative estimate of drug-likeness (QED) is 0.826. The molecule has 0 amide bonds. The second-order valence-corrected chi connectivity index (χ2v) is 6.79. The largest absolute Gasteiger partial charge is 0.381 e. The highest BCUT2D eigenvalue weighted by atomic mass is 16.5. The van der Waals surface area contributed by atoms with Gasteiger partial charge in [0.15, 0.2) is 0 Å². The molecule has 1 aromatic heterocycles. The van der Waals surface area contributed by atoms with Crippen molar-refractivity contribution in [2.75, 3.05) is 46.9 Å². The maximum atomic E-state index is 5.48. The Morgan fingerprint density at radius 3 is 2.90 bits per heavy atom. The zero-order valence-electron chi connectivity index (χ0n) is 13.4. The van der Waals surface area contributed by atoms with Gasteiger partial charge in [-0.3, -0.25) is 4.90 Å². The van der Waals surface area contributed by atoms with Crippen LogP contribution in [0, 0.1) is 5.92 Å². The molecular formula is C16H28N4O. The Bertz CT molecular complexity index is 439. The Hall–Kier alpha value is -0.910. The fourth-order valence-electron chi connectivity index (χ4n) is 3.53. The van der Waals surface area contributed by atoms with Crippen LogP contribution in [-0.4, -0.2) is 66.3 Å². The fraction of sp³-hybridized carbons (Fsp3) is 0.812. The van der Waals surface area contributed by atoms with Gasteiger partial charge in [-0.1, -0.05) is 0 Å². The van der Waals surface area contributed by atoms with Crippen LogP contribution in [0.4, 0.5) is 0 Å². The van der Waals surface area contributed by atoms with E-state index in [9.17, 15) is 0 Å². The molecule has 5 nitrogen and oxygen atoms in total. The monoisotopic (exact) mass is 292 g/mol. The highest BCUT2D eigenvalue weighted by molar-refractivity contribution is 5.04. The summed E-state index contributed by atoms with van der Waals surface area (Å²) >= 11 is 0. The maximum Gasteiger partial charge on any atom is 0.0951 e. The third kappa shape index (κ3) is 3.84. The van der Waals surface area contributed by atoms with E-state index in [1.807, 2.05) is 12.5 Å². The lowest BCUT2D eigenvalue weighted by Crippen LogP contribution is -2.41. The van der Waals surface area contributed by atoms with Crippen LogP contribution >= 0.6 is 0 Å². The molecule has 2 aliphatic rings. The molecule has 0 radical (unpaired) electrons. The van der Waals surface area contributed by atoms with Crippen LogP contribution in [0.5, 0.6) is 0 Å². The van der Waals surface area contributed by atoms with Gasteiger partial charge < -0.3 is 14.2 Å². The molecule has 3 heterocycles. The summed E-state index contributed by atoms with van der Waals surface area (Å²) in [5, 5.41) is 0. The third-order valence-corrected chi connectivity index (χ3v) is 4.76. The number of ether oxygens (including phenoxy) is 1. The molecule has 0 aliphatic carbocycles. The number of nitrogens with zero attached hydrogens (tertiary/aromatic N) is 4. The molecule has 1 unspecified atom stereocenters. The molecule has 3 rings (SSSR count). The second-order valence-electron chi connectivity index (χ2n) is 6.79. The summed E-state index contributed by atoms with van der Waals surface area (Å²) in [4.78, 5) is 9.27. The van der Waals surface area contributed by atoms with Crippen molar-refractivity contribution in [3.8, 4) is 0 Å². The van der Waals surface area contributed by atoms with Crippen molar-refractivity contribution < 1.29 is 4.74 Å². The molecule has 0 aromatic carbocycles. The van der Waals surface area contributed by atoms with Gasteiger partial charge in [-0.15, -0.1) is 0 Å². The van der Waals surface area contributed by atoms with E-state index >= 15 is 0 Å². The first-order valence-corrected chi connectivity index (χ1v) is 8.18. The molecule has 118 valence electrons. The zero-order valence-corrected chi connectivity index (χ0v) is 13.4. The molecular weight excluding hydrogens is 264 g/mol. The first kappa shape index (κ1) is 15.0. The number of aromatic nitrogens is 2. The Morgan fingerprint density at radius 2 is 2.14 bits per heavy atom. The van der Waals surface area contributed by atoms with Crippen molar-refractivity contribution in [3.63, 3.8) is 0 Å². The standard InChI is InChI=1S/C16H28N4O/c1-18(2)6-3-15-11-19(10-14-4-7-21-8-5-14)12-16-9-17-13-20(15)16/h9,13-15H,3-8,10-12H2,1-2H3. The van der Waals surface area contributed by atoms with Crippen LogP contribution in [0.2, 0.25) is 0 Å². The molecule has 1 atom stereocenters. The van der Waals surface area contributed by atoms with Crippen molar-refractivity contribution in [2.45, 2.75) is 31.8 Å². The Labute approximate surface area is 127 Å². The third-order valence-electron chi connectivity index (χ3n) is 4.76. The van der Waals surface area contributed by atoms with E-state index in [1.54, 1.807) is 0 Å². The first-order valence-electron chi connectivity index (χ1n) is 8.18. The van der Waals surface area contributed by atoms with Gasteiger partial charge in [0.2, 0.25) is 0 Å². The number of fused-ring (bicyclic) bond motifs is 1. The van der Waals surface area contributed by atoms with Crippen molar-refractivity contribution in [2.24, 2.45) is 5.92 Å². The predicted octanol–water partition coefficient (Wildman–Crippen LogP) is 1.62. The van der Waals surface area contributed by atoms with Crippen molar-refractivity contribution >= 4 is 0 Å². The van der Waals surface area contributed by atoms with E-state index in [0.717, 1.165) is 38.8 Å². The smallest absolute Gasteiger partial charge is 0.0951 e. The zero-order chi connectivity index (χ0) is 14.7. The Balaban J connectivity index is 1.62. The Morgan fingerprint density at radius 1 is 1.33 bits per heavy atom. The highest BCUT2D eigenvalue weighted by Gasteiger charge is 2.27. The molecule has 1 saturated heterocycles. The van der Waals surface area contributed by atoms with Gasteiger partial charge in [0.25, 0.3) is 0 Å². The molecule has 0 saturated carbocycles. The van der Waals surface area contributed by atoms with Crippen molar-refractivity contribution in [1.29, 1.82) is 0 Å². The molecule has 21 heavy (non-hydrogen) atoms. The van der Waals surface area contributed by atoms with Crippen LogP contribution in [0.1, 0.15) is 31.0 Å². The SMILES string of the molecule is CN(C)CCC1CN(CC2CCOCC2)Cc2cncn21. The van der Waals surface area contributed by atoms with Gasteiger partial charge in [0, 0.05) is 45.1 Å². The lowest BCUT2D eigenvalue weighted by molar-refractivity contribution is 0.0449. The minimum atomic E-state index is 0.568. The molecule has 0 bridgehead atoms. The van der Waals surface area contributed by atoms with Crippen LogP contribution in [0.15, 0.2) is 12.5 Å². The first-order chi connectivity index (χ1) is 10.2. The summed E-state index contributed by atoms with van der Waals surface area (Å²) in [6.07, 6.45) is 7.69. The minimum absolute atomic E-state index is 0.568. The van der Waals surface area contributed by atoms with E-state index in [1.165, 1.54) is 31.5 Å². The fourth-order valence-corrected chi connectivity index (χ4v) is 3.53. The molecule has 1 fully saturated rings. The van der Waals surface area contributed by atoms with Gasteiger partial charge in [0.05, 0.1) is 12.0 Å². The predicted molar refractivity (Wildman–Crippen MR) is 83.3 cm³/mol. The van der Waals surface area contributed by atoms with Gasteiger partial charge in [-0.2, -0.15) is 0 Å². The number of hydrogen-bond acceptors (Lipinski definition) is 4. The lowest BCUT2D eigenvalue weighted by atomic mass is 9.98. The number of imidazole rings is 1. The topological polar surface area (TPSA) is 33.5 Å². The molecule has 0 spiro atoms. The average Bonchev–Trinajstić information content (AvgIpc) is 2.94. The van der Waals surface area contributed by atoms with Gasteiger partial charge in [-0.05, 0) is 45.8 Å².